The van der Waals surface area contributed by atoms with Crippen molar-refractivity contribution >= 4 is 34.4 Å². The average molecular weight is 411 g/mol. The Morgan fingerprint density at radius 3 is 2.71 bits per heavy atom. The maximum absolute atomic E-state index is 12.9. The third-order valence-electron chi connectivity index (χ3n) is 4.57. The number of anilines is 2. The van der Waals surface area contributed by atoms with Gasteiger partial charge in [0.25, 0.3) is 5.91 Å². The number of hydrogen-bond donors (Lipinski definition) is 2. The molecule has 0 saturated heterocycles. The molecule has 0 fully saturated rings. The molecular weight excluding hydrogens is 394 g/mol. The standard InChI is InChI=1S/C22H17N7O2/c1-13-9-20(27-18-6-4-3-5-17(13)18)29-21(16(11-23)12-25-29)28-22(31)15-7-8-24-19(10-15)26-14(2)30/h3-10,12H,1-2H3,(H,28,31)(H,24,26,30). The van der Waals surface area contributed by atoms with E-state index in [1.807, 2.05) is 43.3 Å². The number of rotatable bonds is 4. The van der Waals surface area contributed by atoms with Crippen molar-refractivity contribution in [2.75, 3.05) is 10.6 Å². The first-order valence-corrected chi connectivity index (χ1v) is 9.36. The zero-order valence-corrected chi connectivity index (χ0v) is 16.7. The third-order valence-corrected chi connectivity index (χ3v) is 4.57. The molecule has 9 nitrogen and oxygen atoms in total. The Bertz CT molecular complexity index is 1370. The Morgan fingerprint density at radius 2 is 1.94 bits per heavy atom. The largest absolute Gasteiger partial charge is 0.311 e. The highest BCUT2D eigenvalue weighted by Gasteiger charge is 2.18. The van der Waals surface area contributed by atoms with Crippen LogP contribution in [0.5, 0.6) is 0 Å². The quantitative estimate of drug-likeness (QED) is 0.531. The fourth-order valence-electron chi connectivity index (χ4n) is 3.16. The average Bonchev–Trinajstić information content (AvgIpc) is 3.16. The molecule has 4 rings (SSSR count). The first-order valence-electron chi connectivity index (χ1n) is 9.36. The van der Waals surface area contributed by atoms with Crippen LogP contribution in [0.1, 0.15) is 28.4 Å². The van der Waals surface area contributed by atoms with Gasteiger partial charge in [0, 0.05) is 24.1 Å². The van der Waals surface area contributed by atoms with E-state index in [0.717, 1.165) is 16.5 Å². The molecule has 0 saturated carbocycles. The van der Waals surface area contributed by atoms with Gasteiger partial charge in [-0.25, -0.2) is 9.97 Å². The summed E-state index contributed by atoms with van der Waals surface area (Å²) in [4.78, 5) is 32.7. The van der Waals surface area contributed by atoms with E-state index in [2.05, 4.69) is 25.7 Å². The van der Waals surface area contributed by atoms with Crippen molar-refractivity contribution in [3.8, 4) is 11.9 Å². The van der Waals surface area contributed by atoms with Crippen LogP contribution >= 0.6 is 0 Å². The molecule has 0 aliphatic carbocycles. The molecular formula is C22H17N7O2. The third kappa shape index (κ3) is 3.95. The SMILES string of the molecule is CC(=O)Nc1cc(C(=O)Nc2c(C#N)cnn2-c2cc(C)c3ccccc3n2)ccn1. The number of nitrogens with one attached hydrogen (secondary N) is 2. The summed E-state index contributed by atoms with van der Waals surface area (Å²) in [5, 5.41) is 20.0. The Labute approximate surface area is 177 Å². The van der Waals surface area contributed by atoms with Gasteiger partial charge in [-0.05, 0) is 36.8 Å². The first kappa shape index (κ1) is 19.7. The van der Waals surface area contributed by atoms with Gasteiger partial charge < -0.3 is 10.6 Å². The molecule has 0 bridgehead atoms. The Kier molecular flexibility index (Phi) is 5.12. The van der Waals surface area contributed by atoms with Crippen molar-refractivity contribution in [3.63, 3.8) is 0 Å². The second-order valence-corrected chi connectivity index (χ2v) is 6.81. The van der Waals surface area contributed by atoms with Gasteiger partial charge in [0.1, 0.15) is 17.5 Å². The number of amides is 2. The van der Waals surface area contributed by atoms with Gasteiger partial charge in [0.2, 0.25) is 5.91 Å². The van der Waals surface area contributed by atoms with E-state index in [0.29, 0.717) is 5.82 Å². The van der Waals surface area contributed by atoms with Crippen LogP contribution in [0.4, 0.5) is 11.6 Å². The van der Waals surface area contributed by atoms with Gasteiger partial charge in [0.05, 0.1) is 11.7 Å². The summed E-state index contributed by atoms with van der Waals surface area (Å²) in [6.45, 7) is 3.31. The minimum Gasteiger partial charge on any atom is -0.311 e. The number of carbonyl (C=O) groups is 2. The Hall–Kier alpha value is -4.58. The lowest BCUT2D eigenvalue weighted by Gasteiger charge is -2.11. The van der Waals surface area contributed by atoms with Crippen LogP contribution in [0.15, 0.2) is 54.9 Å². The number of carbonyl (C=O) groups excluding carboxylic acids is 2. The second kappa shape index (κ2) is 8.04. The number of nitrogens with zero attached hydrogens (tertiary/aromatic N) is 5. The first-order chi connectivity index (χ1) is 15.0. The van der Waals surface area contributed by atoms with E-state index >= 15 is 0 Å². The minimum atomic E-state index is -0.482. The topological polar surface area (TPSA) is 126 Å². The lowest BCUT2D eigenvalue weighted by atomic mass is 10.1. The molecule has 1 aromatic carbocycles. The highest BCUT2D eigenvalue weighted by atomic mass is 16.2. The van der Waals surface area contributed by atoms with Crippen molar-refractivity contribution in [3.05, 3.63) is 71.5 Å². The summed E-state index contributed by atoms with van der Waals surface area (Å²) in [5.74, 6) is 0.146. The van der Waals surface area contributed by atoms with E-state index in [4.69, 9.17) is 0 Å². The summed E-state index contributed by atoms with van der Waals surface area (Å²) >= 11 is 0. The number of benzene rings is 1. The van der Waals surface area contributed by atoms with Crippen LogP contribution in [-0.4, -0.2) is 31.6 Å². The number of pyridine rings is 2. The van der Waals surface area contributed by atoms with Gasteiger partial charge in [-0.1, -0.05) is 18.2 Å². The fourth-order valence-corrected chi connectivity index (χ4v) is 3.16. The van der Waals surface area contributed by atoms with Gasteiger partial charge >= 0.3 is 0 Å². The molecule has 2 N–H and O–H groups in total. The monoisotopic (exact) mass is 411 g/mol. The van der Waals surface area contributed by atoms with Crippen LogP contribution in [0.2, 0.25) is 0 Å². The number of aryl methyl sites for hydroxylation is 1. The van der Waals surface area contributed by atoms with E-state index in [1.54, 1.807) is 0 Å². The van der Waals surface area contributed by atoms with Crippen molar-refractivity contribution < 1.29 is 9.59 Å². The molecule has 0 aliphatic heterocycles. The molecule has 31 heavy (non-hydrogen) atoms. The van der Waals surface area contributed by atoms with Gasteiger partial charge in [0.15, 0.2) is 11.6 Å². The lowest BCUT2D eigenvalue weighted by Crippen LogP contribution is -2.17. The Balaban J connectivity index is 1.72. The van der Waals surface area contributed by atoms with Gasteiger partial charge in [-0.2, -0.15) is 15.0 Å². The minimum absolute atomic E-state index is 0.192. The molecule has 2 amide bonds. The van der Waals surface area contributed by atoms with Gasteiger partial charge in [-0.3, -0.25) is 9.59 Å². The maximum atomic E-state index is 12.9. The van der Waals surface area contributed by atoms with Gasteiger partial charge in [-0.15, -0.1) is 0 Å². The van der Waals surface area contributed by atoms with E-state index in [9.17, 15) is 14.9 Å². The second-order valence-electron chi connectivity index (χ2n) is 6.81. The van der Waals surface area contributed by atoms with Crippen molar-refractivity contribution in [2.45, 2.75) is 13.8 Å². The zero-order valence-electron chi connectivity index (χ0n) is 16.7. The summed E-state index contributed by atoms with van der Waals surface area (Å²) in [6.07, 6.45) is 2.79. The number of para-hydroxylation sites is 1. The number of hydrogen-bond acceptors (Lipinski definition) is 6. The van der Waals surface area contributed by atoms with Crippen LogP contribution in [-0.2, 0) is 4.79 Å². The molecule has 0 aliphatic rings. The smallest absolute Gasteiger partial charge is 0.257 e. The van der Waals surface area contributed by atoms with Crippen LogP contribution < -0.4 is 10.6 Å². The van der Waals surface area contributed by atoms with Crippen molar-refractivity contribution in [1.29, 1.82) is 5.26 Å². The molecule has 0 radical (unpaired) electrons. The summed E-state index contributed by atoms with van der Waals surface area (Å²) in [6, 6.07) is 14.5. The summed E-state index contributed by atoms with van der Waals surface area (Å²) in [5.41, 5.74) is 2.22. The van der Waals surface area contributed by atoms with Crippen molar-refractivity contribution in [2.24, 2.45) is 0 Å². The predicted octanol–water partition coefficient (Wildman–Crippen LogP) is 3.21. The lowest BCUT2D eigenvalue weighted by molar-refractivity contribution is -0.114. The highest BCUT2D eigenvalue weighted by Crippen LogP contribution is 2.24. The molecule has 152 valence electrons. The molecule has 4 aromatic rings. The number of fused-ring (bicyclic) bond motifs is 1. The fraction of sp³-hybridized carbons (Fsp3) is 0.0909. The predicted molar refractivity (Wildman–Crippen MR) is 115 cm³/mol. The summed E-state index contributed by atoms with van der Waals surface area (Å²) < 4.78 is 1.42. The number of nitriles is 1. The van der Waals surface area contributed by atoms with Crippen LogP contribution in [0.25, 0.3) is 16.7 Å². The molecule has 0 spiro atoms. The van der Waals surface area contributed by atoms with Crippen LogP contribution in [0.3, 0.4) is 0 Å². The molecule has 9 heteroatoms. The summed E-state index contributed by atoms with van der Waals surface area (Å²) in [7, 11) is 0. The Morgan fingerprint density at radius 1 is 1.13 bits per heavy atom. The van der Waals surface area contributed by atoms with Crippen LogP contribution in [0, 0.1) is 18.3 Å². The van der Waals surface area contributed by atoms with E-state index < -0.39 is 5.91 Å². The van der Waals surface area contributed by atoms with Crippen molar-refractivity contribution in [1.82, 2.24) is 19.7 Å². The maximum Gasteiger partial charge on any atom is 0.257 e. The molecule has 3 heterocycles. The highest BCUT2D eigenvalue weighted by molar-refractivity contribution is 6.05. The number of aromatic nitrogens is 4. The van der Waals surface area contributed by atoms with E-state index in [1.165, 1.54) is 36.1 Å². The molecule has 3 aromatic heterocycles. The zero-order chi connectivity index (χ0) is 22.0. The van der Waals surface area contributed by atoms with E-state index in [-0.39, 0.29) is 28.7 Å². The molecule has 0 unspecified atom stereocenters. The molecule has 0 atom stereocenters. The normalized spacial score (nSPS) is 10.5.